The largest absolute Gasteiger partial charge is 0.457 e. The number of aliphatic hydroxyl groups excluding tert-OH is 1. The fraction of sp³-hybridized carbons (Fsp3) is 0.478. The summed E-state index contributed by atoms with van der Waals surface area (Å²) in [6.45, 7) is 4.98. The fourth-order valence-corrected chi connectivity index (χ4v) is 5.21. The van der Waals surface area contributed by atoms with E-state index in [-0.39, 0.29) is 23.9 Å². The van der Waals surface area contributed by atoms with Gasteiger partial charge in [-0.05, 0) is 62.5 Å². The van der Waals surface area contributed by atoms with E-state index in [1.54, 1.807) is 18.5 Å². The Labute approximate surface area is 180 Å². The molecule has 0 unspecified atom stereocenters. The van der Waals surface area contributed by atoms with E-state index in [0.717, 1.165) is 54.7 Å². The number of nitrogens with zero attached hydrogens (tertiary/aromatic N) is 4. The average molecular weight is 422 g/mol. The van der Waals surface area contributed by atoms with Crippen molar-refractivity contribution in [1.29, 1.82) is 0 Å². The zero-order chi connectivity index (χ0) is 21.6. The summed E-state index contributed by atoms with van der Waals surface area (Å²) in [6, 6.07) is 5.41. The number of aliphatic hydroxyl groups is 1. The number of hydrogen-bond donors (Lipinski definition) is 1. The van der Waals surface area contributed by atoms with E-state index in [9.17, 15) is 14.7 Å². The zero-order valence-electron chi connectivity index (χ0n) is 17.6. The third kappa shape index (κ3) is 3.40. The fourth-order valence-electron chi connectivity index (χ4n) is 5.21. The Morgan fingerprint density at radius 3 is 2.65 bits per heavy atom. The summed E-state index contributed by atoms with van der Waals surface area (Å²) in [5.74, 6) is -0.113. The van der Waals surface area contributed by atoms with Crippen molar-refractivity contribution in [3.63, 3.8) is 0 Å². The second-order valence-electron chi connectivity index (χ2n) is 8.79. The Balaban J connectivity index is 1.23. The molecule has 0 bridgehead atoms. The van der Waals surface area contributed by atoms with Gasteiger partial charge in [-0.3, -0.25) is 4.79 Å². The first-order chi connectivity index (χ1) is 15.0. The summed E-state index contributed by atoms with van der Waals surface area (Å²) in [5.41, 5.74) is 3.74. The van der Waals surface area contributed by atoms with Gasteiger partial charge in [-0.2, -0.15) is 10.2 Å². The molecule has 0 radical (unpaired) electrons. The van der Waals surface area contributed by atoms with Crippen LogP contribution in [0.1, 0.15) is 52.4 Å². The minimum Gasteiger partial charge on any atom is -0.457 e. The van der Waals surface area contributed by atoms with Gasteiger partial charge in [-0.25, -0.2) is 4.79 Å². The minimum atomic E-state index is -0.645. The minimum absolute atomic E-state index is 0.180. The van der Waals surface area contributed by atoms with E-state index in [1.807, 2.05) is 24.0 Å². The lowest BCUT2D eigenvalue weighted by molar-refractivity contribution is -0.128. The molecule has 2 saturated heterocycles. The smallest absolute Gasteiger partial charge is 0.338 e. The number of aromatic nitrogens is 2. The normalized spacial score (nSPS) is 21.4. The Morgan fingerprint density at radius 2 is 1.90 bits per heavy atom. The van der Waals surface area contributed by atoms with Crippen LogP contribution in [-0.4, -0.2) is 58.3 Å². The van der Waals surface area contributed by atoms with Crippen LogP contribution in [0.4, 0.5) is 5.69 Å². The van der Waals surface area contributed by atoms with Crippen molar-refractivity contribution in [2.24, 2.45) is 5.41 Å². The Morgan fingerprint density at radius 1 is 1.13 bits per heavy atom. The van der Waals surface area contributed by atoms with Crippen molar-refractivity contribution in [3.05, 3.63) is 52.8 Å². The molecule has 2 aromatic rings. The number of hydrogen-bond acceptors (Lipinski definition) is 7. The lowest BCUT2D eigenvalue weighted by Gasteiger charge is -2.38. The maximum atomic E-state index is 13.2. The number of cyclic esters (lactones) is 1. The molecule has 1 aromatic carbocycles. The van der Waals surface area contributed by atoms with Gasteiger partial charge in [0, 0.05) is 18.7 Å². The number of rotatable bonds is 4. The van der Waals surface area contributed by atoms with Crippen LogP contribution >= 0.6 is 0 Å². The molecule has 2 fully saturated rings. The SMILES string of the molecule is Cc1c([C@@H](O)CN2CCC3(CC2)CCN(c2ccnnc2)C3=O)ccc2c1COC2=O. The number of carbonyl (C=O) groups excluding carboxylic acids is 2. The Bertz CT molecular complexity index is 1020. The zero-order valence-corrected chi connectivity index (χ0v) is 17.6. The summed E-state index contributed by atoms with van der Waals surface area (Å²) < 4.78 is 5.12. The number of esters is 1. The lowest BCUT2D eigenvalue weighted by Crippen LogP contribution is -2.45. The van der Waals surface area contributed by atoms with Crippen LogP contribution in [0.15, 0.2) is 30.6 Å². The Hall–Kier alpha value is -2.84. The highest BCUT2D eigenvalue weighted by Crippen LogP contribution is 2.43. The van der Waals surface area contributed by atoms with Gasteiger partial charge in [-0.1, -0.05) is 6.07 Å². The molecule has 1 spiro atoms. The number of ether oxygens (including phenoxy) is 1. The molecule has 0 saturated carbocycles. The summed E-state index contributed by atoms with van der Waals surface area (Å²) in [4.78, 5) is 29.0. The molecule has 3 aliphatic rings. The first-order valence-electron chi connectivity index (χ1n) is 10.8. The van der Waals surface area contributed by atoms with Crippen molar-refractivity contribution in [2.45, 2.75) is 38.9 Å². The number of anilines is 1. The van der Waals surface area contributed by atoms with Crippen molar-refractivity contribution < 1.29 is 19.4 Å². The van der Waals surface area contributed by atoms with Crippen LogP contribution in [0.5, 0.6) is 0 Å². The number of amides is 1. The maximum Gasteiger partial charge on any atom is 0.338 e. The molecule has 1 amide bonds. The van der Waals surface area contributed by atoms with Crippen molar-refractivity contribution >= 4 is 17.6 Å². The molecule has 1 atom stereocenters. The summed E-state index contributed by atoms with van der Waals surface area (Å²) >= 11 is 0. The molecular weight excluding hydrogens is 396 g/mol. The Kier molecular flexibility index (Phi) is 4.98. The van der Waals surface area contributed by atoms with Crippen LogP contribution in [0.25, 0.3) is 0 Å². The molecule has 8 nitrogen and oxygen atoms in total. The van der Waals surface area contributed by atoms with E-state index >= 15 is 0 Å². The maximum absolute atomic E-state index is 13.2. The predicted octanol–water partition coefficient (Wildman–Crippen LogP) is 2.01. The van der Waals surface area contributed by atoms with Gasteiger partial charge in [-0.15, -0.1) is 0 Å². The third-order valence-electron chi connectivity index (χ3n) is 7.20. The molecule has 3 aliphatic heterocycles. The average Bonchev–Trinajstić information content (AvgIpc) is 3.32. The van der Waals surface area contributed by atoms with Crippen LogP contribution in [0.2, 0.25) is 0 Å². The van der Waals surface area contributed by atoms with E-state index in [2.05, 4.69) is 15.1 Å². The highest BCUT2D eigenvalue weighted by molar-refractivity contribution is 5.99. The topological polar surface area (TPSA) is 95.9 Å². The molecular formula is C23H26N4O4. The van der Waals surface area contributed by atoms with Gasteiger partial charge in [0.1, 0.15) is 6.61 Å². The third-order valence-corrected chi connectivity index (χ3v) is 7.20. The number of likely N-dealkylation sites (tertiary alicyclic amines) is 1. The number of piperidine rings is 1. The standard InChI is InChI=1S/C23H26N4O4/c1-15-17(2-3-18-19(15)14-31-21(18)29)20(28)13-26-9-5-23(6-10-26)7-11-27(22(23)30)16-4-8-24-25-12-16/h2-4,8,12,20,28H,5-7,9-11,13-14H2,1H3/t20-/m0/s1. The van der Waals surface area contributed by atoms with Gasteiger partial charge < -0.3 is 19.6 Å². The number of fused-ring (bicyclic) bond motifs is 1. The lowest BCUT2D eigenvalue weighted by atomic mass is 9.77. The van der Waals surface area contributed by atoms with E-state index in [1.165, 1.54) is 0 Å². The first-order valence-corrected chi connectivity index (χ1v) is 10.8. The highest BCUT2D eigenvalue weighted by atomic mass is 16.5. The summed E-state index contributed by atoms with van der Waals surface area (Å²) in [6.07, 6.45) is 5.04. The predicted molar refractivity (Wildman–Crippen MR) is 112 cm³/mol. The van der Waals surface area contributed by atoms with E-state index in [0.29, 0.717) is 18.7 Å². The van der Waals surface area contributed by atoms with Crippen molar-refractivity contribution in [2.75, 3.05) is 31.1 Å². The van der Waals surface area contributed by atoms with Gasteiger partial charge in [0.2, 0.25) is 5.91 Å². The monoisotopic (exact) mass is 422 g/mol. The highest BCUT2D eigenvalue weighted by Gasteiger charge is 2.48. The number of carbonyl (C=O) groups is 2. The van der Waals surface area contributed by atoms with Crippen LogP contribution in [0, 0.1) is 12.3 Å². The molecule has 0 aliphatic carbocycles. The molecule has 8 heteroatoms. The molecule has 162 valence electrons. The second-order valence-corrected chi connectivity index (χ2v) is 8.79. The quantitative estimate of drug-likeness (QED) is 0.753. The molecule has 1 N–H and O–H groups in total. The van der Waals surface area contributed by atoms with Gasteiger partial charge in [0.15, 0.2) is 0 Å². The van der Waals surface area contributed by atoms with Crippen LogP contribution in [0.3, 0.4) is 0 Å². The van der Waals surface area contributed by atoms with E-state index in [4.69, 9.17) is 4.74 Å². The molecule has 31 heavy (non-hydrogen) atoms. The van der Waals surface area contributed by atoms with Crippen LogP contribution in [-0.2, 0) is 16.1 Å². The molecule has 5 rings (SSSR count). The number of β-amino-alcohol motifs (C(OH)–C–C–N with tert-alkyl or cyclic N) is 1. The summed E-state index contributed by atoms with van der Waals surface area (Å²) in [5, 5.41) is 18.6. The molecule has 4 heterocycles. The molecule has 1 aromatic heterocycles. The number of benzene rings is 1. The van der Waals surface area contributed by atoms with Crippen molar-refractivity contribution in [1.82, 2.24) is 15.1 Å². The van der Waals surface area contributed by atoms with E-state index < -0.39 is 6.10 Å². The first kappa shape index (κ1) is 20.1. The van der Waals surface area contributed by atoms with Gasteiger partial charge in [0.25, 0.3) is 0 Å². The van der Waals surface area contributed by atoms with Gasteiger partial charge in [0.05, 0.1) is 35.2 Å². The van der Waals surface area contributed by atoms with Crippen LogP contribution < -0.4 is 4.90 Å². The van der Waals surface area contributed by atoms with Crippen molar-refractivity contribution in [3.8, 4) is 0 Å². The second kappa shape index (κ2) is 7.69. The van der Waals surface area contributed by atoms with Gasteiger partial charge >= 0.3 is 5.97 Å². The summed E-state index contributed by atoms with van der Waals surface area (Å²) in [7, 11) is 0.